The Bertz CT molecular complexity index is 475. The van der Waals surface area contributed by atoms with Crippen LogP contribution >= 0.6 is 0 Å². The SMILES string of the molecule is Cc1cc(C(=O)NCCCn2ccnc2)no1. The second kappa shape index (κ2) is 5.29. The van der Waals surface area contributed by atoms with Crippen LogP contribution in [0.15, 0.2) is 29.3 Å². The summed E-state index contributed by atoms with van der Waals surface area (Å²) >= 11 is 0. The van der Waals surface area contributed by atoms with Gasteiger partial charge in [-0.3, -0.25) is 4.79 Å². The molecule has 1 amide bonds. The summed E-state index contributed by atoms with van der Waals surface area (Å²) in [6, 6.07) is 1.62. The van der Waals surface area contributed by atoms with Crippen molar-refractivity contribution in [1.82, 2.24) is 20.0 Å². The molecule has 0 aliphatic rings. The molecule has 90 valence electrons. The zero-order valence-electron chi connectivity index (χ0n) is 9.59. The molecule has 0 aliphatic heterocycles. The van der Waals surface area contributed by atoms with Crippen LogP contribution in [-0.4, -0.2) is 27.2 Å². The first-order valence-corrected chi connectivity index (χ1v) is 5.43. The third kappa shape index (κ3) is 3.17. The highest BCUT2D eigenvalue weighted by Gasteiger charge is 2.09. The Morgan fingerprint density at radius 1 is 1.59 bits per heavy atom. The van der Waals surface area contributed by atoms with Crippen LogP contribution in [0.1, 0.15) is 22.7 Å². The number of aryl methyl sites for hydroxylation is 2. The Morgan fingerprint density at radius 3 is 3.12 bits per heavy atom. The Labute approximate surface area is 98.6 Å². The first kappa shape index (κ1) is 11.4. The van der Waals surface area contributed by atoms with Gasteiger partial charge < -0.3 is 14.4 Å². The van der Waals surface area contributed by atoms with Crippen LogP contribution in [-0.2, 0) is 6.54 Å². The van der Waals surface area contributed by atoms with Crippen LogP contribution < -0.4 is 5.32 Å². The molecule has 6 nitrogen and oxygen atoms in total. The molecule has 0 saturated carbocycles. The fourth-order valence-corrected chi connectivity index (χ4v) is 1.45. The first-order valence-electron chi connectivity index (χ1n) is 5.43. The third-order valence-corrected chi connectivity index (χ3v) is 2.30. The number of imidazole rings is 1. The summed E-state index contributed by atoms with van der Waals surface area (Å²) in [5.74, 6) is 0.432. The zero-order chi connectivity index (χ0) is 12.1. The molecule has 0 atom stereocenters. The number of carbonyl (C=O) groups excluding carboxylic acids is 1. The molecule has 0 fully saturated rings. The van der Waals surface area contributed by atoms with Crippen molar-refractivity contribution in [1.29, 1.82) is 0 Å². The van der Waals surface area contributed by atoms with Crippen LogP contribution in [0.25, 0.3) is 0 Å². The number of nitrogens with one attached hydrogen (secondary N) is 1. The molecule has 1 N–H and O–H groups in total. The highest BCUT2D eigenvalue weighted by molar-refractivity contribution is 5.92. The smallest absolute Gasteiger partial charge is 0.273 e. The maximum atomic E-state index is 11.6. The third-order valence-electron chi connectivity index (χ3n) is 2.30. The van der Waals surface area contributed by atoms with Crippen molar-refractivity contribution >= 4 is 5.91 Å². The molecule has 2 heterocycles. The van der Waals surface area contributed by atoms with Gasteiger partial charge in [0.05, 0.1) is 6.33 Å². The molecule has 0 aromatic carbocycles. The van der Waals surface area contributed by atoms with E-state index in [1.807, 2.05) is 10.8 Å². The molecular formula is C11H14N4O2. The summed E-state index contributed by atoms with van der Waals surface area (Å²) in [5.41, 5.74) is 0.324. The molecule has 0 radical (unpaired) electrons. The number of hydrogen-bond acceptors (Lipinski definition) is 4. The summed E-state index contributed by atoms with van der Waals surface area (Å²) < 4.78 is 6.79. The summed E-state index contributed by atoms with van der Waals surface area (Å²) in [5, 5.41) is 6.42. The van der Waals surface area contributed by atoms with Crippen molar-refractivity contribution in [3.05, 3.63) is 36.2 Å². The number of amides is 1. The van der Waals surface area contributed by atoms with E-state index in [0.717, 1.165) is 13.0 Å². The molecular weight excluding hydrogens is 220 g/mol. The number of hydrogen-bond donors (Lipinski definition) is 1. The molecule has 2 aromatic rings. The standard InChI is InChI=1S/C11H14N4O2/c1-9-7-10(14-17-9)11(16)13-3-2-5-15-6-4-12-8-15/h4,6-8H,2-3,5H2,1H3,(H,13,16). The Balaban J connectivity index is 1.70. The van der Waals surface area contributed by atoms with Crippen molar-refractivity contribution in [2.45, 2.75) is 19.9 Å². The second-order valence-corrected chi connectivity index (χ2v) is 3.73. The predicted octanol–water partition coefficient (Wildman–Crippen LogP) is 1.000. The Morgan fingerprint density at radius 2 is 2.47 bits per heavy atom. The van der Waals surface area contributed by atoms with E-state index < -0.39 is 0 Å². The molecule has 0 spiro atoms. The fourth-order valence-electron chi connectivity index (χ4n) is 1.45. The molecule has 0 bridgehead atoms. The number of rotatable bonds is 5. The van der Waals surface area contributed by atoms with E-state index in [0.29, 0.717) is 18.0 Å². The van der Waals surface area contributed by atoms with E-state index in [9.17, 15) is 4.79 Å². The van der Waals surface area contributed by atoms with Gasteiger partial charge >= 0.3 is 0 Å². The summed E-state index contributed by atoms with van der Waals surface area (Å²) in [4.78, 5) is 15.5. The topological polar surface area (TPSA) is 73.0 Å². The maximum Gasteiger partial charge on any atom is 0.273 e. The van der Waals surface area contributed by atoms with Crippen molar-refractivity contribution in [3.8, 4) is 0 Å². The van der Waals surface area contributed by atoms with E-state index in [1.54, 1.807) is 25.5 Å². The normalized spacial score (nSPS) is 10.4. The molecule has 0 aliphatic carbocycles. The fraction of sp³-hybridized carbons (Fsp3) is 0.364. The largest absolute Gasteiger partial charge is 0.361 e. The lowest BCUT2D eigenvalue weighted by Gasteiger charge is -2.03. The average molecular weight is 234 g/mol. The zero-order valence-corrected chi connectivity index (χ0v) is 9.59. The van der Waals surface area contributed by atoms with Gasteiger partial charge in [0.15, 0.2) is 5.69 Å². The van der Waals surface area contributed by atoms with Gasteiger partial charge in [-0.05, 0) is 13.3 Å². The molecule has 0 saturated heterocycles. The predicted molar refractivity (Wildman–Crippen MR) is 60.4 cm³/mol. The Hall–Kier alpha value is -2.11. The monoisotopic (exact) mass is 234 g/mol. The summed E-state index contributed by atoms with van der Waals surface area (Å²) in [6.07, 6.45) is 6.22. The lowest BCUT2D eigenvalue weighted by atomic mass is 10.3. The highest BCUT2D eigenvalue weighted by atomic mass is 16.5. The quantitative estimate of drug-likeness (QED) is 0.783. The van der Waals surface area contributed by atoms with Crippen LogP contribution in [0.4, 0.5) is 0 Å². The van der Waals surface area contributed by atoms with E-state index in [1.165, 1.54) is 0 Å². The van der Waals surface area contributed by atoms with Crippen LogP contribution in [0, 0.1) is 6.92 Å². The van der Waals surface area contributed by atoms with Gasteiger partial charge in [0.2, 0.25) is 0 Å². The van der Waals surface area contributed by atoms with E-state index in [-0.39, 0.29) is 5.91 Å². The van der Waals surface area contributed by atoms with Gasteiger partial charge in [-0.25, -0.2) is 4.98 Å². The average Bonchev–Trinajstić information content (AvgIpc) is 2.95. The van der Waals surface area contributed by atoms with E-state index in [2.05, 4.69) is 15.5 Å². The number of carbonyl (C=O) groups is 1. The highest BCUT2D eigenvalue weighted by Crippen LogP contribution is 2.00. The first-order chi connectivity index (χ1) is 8.25. The molecule has 6 heteroatoms. The molecule has 17 heavy (non-hydrogen) atoms. The van der Waals surface area contributed by atoms with Crippen molar-refractivity contribution in [3.63, 3.8) is 0 Å². The van der Waals surface area contributed by atoms with Crippen molar-refractivity contribution in [2.75, 3.05) is 6.54 Å². The van der Waals surface area contributed by atoms with Gasteiger partial charge in [-0.1, -0.05) is 5.16 Å². The van der Waals surface area contributed by atoms with Gasteiger partial charge in [-0.2, -0.15) is 0 Å². The number of nitrogens with zero attached hydrogens (tertiary/aromatic N) is 3. The van der Waals surface area contributed by atoms with E-state index in [4.69, 9.17) is 4.52 Å². The van der Waals surface area contributed by atoms with Gasteiger partial charge in [0.1, 0.15) is 5.76 Å². The van der Waals surface area contributed by atoms with Gasteiger partial charge in [0.25, 0.3) is 5.91 Å². The van der Waals surface area contributed by atoms with Gasteiger partial charge in [0, 0.05) is 31.5 Å². The van der Waals surface area contributed by atoms with Crippen molar-refractivity contribution in [2.24, 2.45) is 0 Å². The van der Waals surface area contributed by atoms with Gasteiger partial charge in [-0.15, -0.1) is 0 Å². The lowest BCUT2D eigenvalue weighted by molar-refractivity contribution is 0.0943. The lowest BCUT2D eigenvalue weighted by Crippen LogP contribution is -2.25. The summed E-state index contributed by atoms with van der Waals surface area (Å²) in [6.45, 7) is 3.18. The maximum absolute atomic E-state index is 11.6. The van der Waals surface area contributed by atoms with Crippen LogP contribution in [0.5, 0.6) is 0 Å². The molecule has 2 rings (SSSR count). The van der Waals surface area contributed by atoms with Crippen molar-refractivity contribution < 1.29 is 9.32 Å². The molecule has 2 aromatic heterocycles. The minimum Gasteiger partial charge on any atom is -0.361 e. The second-order valence-electron chi connectivity index (χ2n) is 3.73. The van der Waals surface area contributed by atoms with E-state index >= 15 is 0 Å². The van der Waals surface area contributed by atoms with Crippen LogP contribution in [0.3, 0.4) is 0 Å². The summed E-state index contributed by atoms with van der Waals surface area (Å²) in [7, 11) is 0. The number of aromatic nitrogens is 3. The minimum absolute atomic E-state index is 0.201. The minimum atomic E-state index is -0.201. The van der Waals surface area contributed by atoms with Crippen LogP contribution in [0.2, 0.25) is 0 Å². The Kier molecular flexibility index (Phi) is 3.54. The molecule has 0 unspecified atom stereocenters.